The van der Waals surface area contributed by atoms with Crippen LogP contribution in [-0.4, -0.2) is 20.8 Å². The zero-order chi connectivity index (χ0) is 11.4. The number of rotatable bonds is 4. The lowest BCUT2D eigenvalue weighted by molar-refractivity contribution is 0.378. The van der Waals surface area contributed by atoms with Crippen molar-refractivity contribution in [2.45, 2.75) is 19.8 Å². The van der Waals surface area contributed by atoms with Gasteiger partial charge >= 0.3 is 0 Å². The van der Waals surface area contributed by atoms with Gasteiger partial charge in [-0.1, -0.05) is 13.0 Å². The zero-order valence-electron chi connectivity index (χ0n) is 9.83. The van der Waals surface area contributed by atoms with Gasteiger partial charge in [0.25, 0.3) is 0 Å². The van der Waals surface area contributed by atoms with Gasteiger partial charge in [-0.15, -0.1) is 0 Å². The average molecular weight is 209 g/mol. The van der Waals surface area contributed by atoms with E-state index >= 15 is 0 Å². The third kappa shape index (κ3) is 2.23. The maximum atomic E-state index is 5.69. The van der Waals surface area contributed by atoms with Crippen LogP contribution in [0.4, 0.5) is 0 Å². The van der Waals surface area contributed by atoms with Crippen molar-refractivity contribution in [2.24, 2.45) is 5.73 Å². The van der Waals surface area contributed by atoms with Crippen LogP contribution in [0.15, 0.2) is 12.1 Å². The van der Waals surface area contributed by atoms with Crippen LogP contribution in [0.3, 0.4) is 0 Å². The van der Waals surface area contributed by atoms with Crippen LogP contribution in [0, 0.1) is 6.92 Å². The largest absolute Gasteiger partial charge is 0.496 e. The van der Waals surface area contributed by atoms with Crippen molar-refractivity contribution >= 4 is 0 Å². The Morgan fingerprint density at radius 1 is 1.27 bits per heavy atom. The maximum Gasteiger partial charge on any atom is 0.128 e. The summed E-state index contributed by atoms with van der Waals surface area (Å²) < 4.78 is 10.7. The Labute approximate surface area is 91.2 Å². The topological polar surface area (TPSA) is 44.5 Å². The molecule has 0 spiro atoms. The monoisotopic (exact) mass is 209 g/mol. The van der Waals surface area contributed by atoms with Crippen molar-refractivity contribution in [3.8, 4) is 11.5 Å². The van der Waals surface area contributed by atoms with Gasteiger partial charge < -0.3 is 15.2 Å². The van der Waals surface area contributed by atoms with E-state index < -0.39 is 0 Å². The summed E-state index contributed by atoms with van der Waals surface area (Å²) in [5, 5.41) is 0. The minimum atomic E-state index is 0.231. The molecule has 0 aliphatic heterocycles. The number of methoxy groups -OCH3 is 2. The Balaban J connectivity index is 3.33. The van der Waals surface area contributed by atoms with Crippen molar-refractivity contribution in [3.05, 3.63) is 23.3 Å². The second-order valence-corrected chi connectivity index (χ2v) is 3.67. The van der Waals surface area contributed by atoms with Crippen molar-refractivity contribution in [2.75, 3.05) is 20.8 Å². The van der Waals surface area contributed by atoms with Crippen LogP contribution in [0.5, 0.6) is 11.5 Å². The molecule has 0 heterocycles. The van der Waals surface area contributed by atoms with Gasteiger partial charge in [0.1, 0.15) is 11.5 Å². The van der Waals surface area contributed by atoms with Gasteiger partial charge in [0, 0.05) is 11.5 Å². The molecule has 0 fully saturated rings. The Hall–Kier alpha value is -1.22. The second kappa shape index (κ2) is 5.03. The molecule has 3 nitrogen and oxygen atoms in total. The van der Waals surface area contributed by atoms with Crippen molar-refractivity contribution in [1.82, 2.24) is 0 Å². The van der Waals surface area contributed by atoms with Gasteiger partial charge in [0.2, 0.25) is 0 Å². The number of ether oxygens (including phenoxy) is 2. The highest BCUT2D eigenvalue weighted by Gasteiger charge is 2.17. The van der Waals surface area contributed by atoms with E-state index in [2.05, 4.69) is 6.92 Å². The van der Waals surface area contributed by atoms with Crippen LogP contribution in [0.1, 0.15) is 24.0 Å². The minimum Gasteiger partial charge on any atom is -0.496 e. The van der Waals surface area contributed by atoms with E-state index in [9.17, 15) is 0 Å². The Bertz CT molecular complexity index is 337. The fourth-order valence-electron chi connectivity index (χ4n) is 1.72. The summed E-state index contributed by atoms with van der Waals surface area (Å²) in [7, 11) is 3.34. The van der Waals surface area contributed by atoms with Gasteiger partial charge in [-0.2, -0.15) is 0 Å². The number of nitrogens with two attached hydrogens (primary N) is 1. The van der Waals surface area contributed by atoms with Crippen LogP contribution in [0.2, 0.25) is 0 Å². The molecule has 0 bridgehead atoms. The molecule has 84 valence electrons. The molecule has 1 unspecified atom stereocenters. The molecule has 2 N–H and O–H groups in total. The molecular formula is C12H19NO2. The van der Waals surface area contributed by atoms with Gasteiger partial charge in [0.05, 0.1) is 14.2 Å². The quantitative estimate of drug-likeness (QED) is 0.825. The van der Waals surface area contributed by atoms with Crippen LogP contribution in [0.25, 0.3) is 0 Å². The molecule has 1 aromatic carbocycles. The van der Waals surface area contributed by atoms with Crippen LogP contribution >= 0.6 is 0 Å². The normalized spacial score (nSPS) is 12.3. The molecule has 1 aromatic rings. The summed E-state index contributed by atoms with van der Waals surface area (Å²) in [6.07, 6.45) is 0. The molecule has 0 saturated carbocycles. The molecule has 0 amide bonds. The summed E-state index contributed by atoms with van der Waals surface area (Å²) >= 11 is 0. The van der Waals surface area contributed by atoms with Crippen LogP contribution < -0.4 is 15.2 Å². The molecule has 0 aromatic heterocycles. The fourth-order valence-corrected chi connectivity index (χ4v) is 1.72. The molecule has 3 heteroatoms. The lowest BCUT2D eigenvalue weighted by Crippen LogP contribution is -2.12. The predicted octanol–water partition coefficient (Wildman–Crippen LogP) is 2.07. The first-order valence-electron chi connectivity index (χ1n) is 5.07. The maximum absolute atomic E-state index is 5.69. The number of benzene rings is 1. The van der Waals surface area contributed by atoms with Crippen LogP contribution in [-0.2, 0) is 0 Å². The van der Waals surface area contributed by atoms with Crippen molar-refractivity contribution in [1.29, 1.82) is 0 Å². The van der Waals surface area contributed by atoms with Gasteiger partial charge in [-0.25, -0.2) is 0 Å². The highest BCUT2D eigenvalue weighted by atomic mass is 16.5. The highest BCUT2D eigenvalue weighted by Crippen LogP contribution is 2.36. The van der Waals surface area contributed by atoms with Crippen molar-refractivity contribution < 1.29 is 9.47 Å². The third-order valence-corrected chi connectivity index (χ3v) is 2.62. The molecule has 0 aliphatic rings. The number of aryl methyl sites for hydroxylation is 1. The Kier molecular flexibility index (Phi) is 3.97. The van der Waals surface area contributed by atoms with Gasteiger partial charge in [-0.3, -0.25) is 0 Å². The van der Waals surface area contributed by atoms with E-state index in [1.165, 1.54) is 0 Å². The molecule has 0 saturated heterocycles. The SMILES string of the molecule is COc1ccc(C)c(OC)c1C(C)CN. The lowest BCUT2D eigenvalue weighted by atomic mass is 9.96. The first-order chi connectivity index (χ1) is 7.15. The van der Waals surface area contributed by atoms with Gasteiger partial charge in [-0.05, 0) is 25.1 Å². The second-order valence-electron chi connectivity index (χ2n) is 3.67. The smallest absolute Gasteiger partial charge is 0.128 e. The molecule has 15 heavy (non-hydrogen) atoms. The summed E-state index contributed by atoms with van der Waals surface area (Å²) in [4.78, 5) is 0. The summed E-state index contributed by atoms with van der Waals surface area (Å²) in [5.41, 5.74) is 7.85. The Morgan fingerprint density at radius 3 is 2.40 bits per heavy atom. The number of hydrogen-bond donors (Lipinski definition) is 1. The first-order valence-corrected chi connectivity index (χ1v) is 5.07. The standard InChI is InChI=1S/C12H19NO2/c1-8-5-6-10(14-3)11(9(2)7-13)12(8)15-4/h5-6,9H,7,13H2,1-4H3. The Morgan fingerprint density at radius 2 is 1.93 bits per heavy atom. The van der Waals surface area contributed by atoms with E-state index in [-0.39, 0.29) is 5.92 Å². The summed E-state index contributed by atoms with van der Waals surface area (Å²) in [5.74, 6) is 1.96. The molecule has 1 atom stereocenters. The van der Waals surface area contributed by atoms with E-state index in [0.29, 0.717) is 6.54 Å². The first kappa shape index (κ1) is 11.9. The van der Waals surface area contributed by atoms with E-state index in [4.69, 9.17) is 15.2 Å². The fraction of sp³-hybridized carbons (Fsp3) is 0.500. The third-order valence-electron chi connectivity index (χ3n) is 2.62. The lowest BCUT2D eigenvalue weighted by Gasteiger charge is -2.19. The zero-order valence-corrected chi connectivity index (χ0v) is 9.83. The molecule has 0 radical (unpaired) electrons. The minimum absolute atomic E-state index is 0.231. The average Bonchev–Trinajstić information content (AvgIpc) is 2.27. The van der Waals surface area contributed by atoms with E-state index in [1.807, 2.05) is 19.1 Å². The molecular weight excluding hydrogens is 190 g/mol. The van der Waals surface area contributed by atoms with Gasteiger partial charge in [0.15, 0.2) is 0 Å². The van der Waals surface area contributed by atoms with E-state index in [0.717, 1.165) is 22.6 Å². The van der Waals surface area contributed by atoms with Crippen molar-refractivity contribution in [3.63, 3.8) is 0 Å². The number of hydrogen-bond acceptors (Lipinski definition) is 3. The highest BCUT2D eigenvalue weighted by molar-refractivity contribution is 5.51. The predicted molar refractivity (Wildman–Crippen MR) is 61.8 cm³/mol. The summed E-state index contributed by atoms with van der Waals surface area (Å²) in [6.45, 7) is 4.67. The summed E-state index contributed by atoms with van der Waals surface area (Å²) in [6, 6.07) is 3.95. The van der Waals surface area contributed by atoms with E-state index in [1.54, 1.807) is 14.2 Å². The molecule has 1 rings (SSSR count). The molecule has 0 aliphatic carbocycles.